The monoisotopic (exact) mass is 406 g/mol. The zero-order valence-corrected chi connectivity index (χ0v) is 18.2. The van der Waals surface area contributed by atoms with E-state index in [-0.39, 0.29) is 5.91 Å². The lowest BCUT2D eigenvalue weighted by atomic mass is 9.95. The Morgan fingerprint density at radius 1 is 1.10 bits per heavy atom. The molecule has 0 radical (unpaired) electrons. The van der Waals surface area contributed by atoms with Crippen molar-refractivity contribution in [2.75, 3.05) is 13.1 Å². The molecule has 1 fully saturated rings. The number of ether oxygens (including phenoxy) is 1. The zero-order chi connectivity index (χ0) is 21.3. The highest BCUT2D eigenvalue weighted by molar-refractivity contribution is 5.81. The Hall–Kier alpha value is -2.89. The summed E-state index contributed by atoms with van der Waals surface area (Å²) in [5.41, 5.74) is 3.14. The van der Waals surface area contributed by atoms with E-state index in [1.165, 1.54) is 5.56 Å². The van der Waals surface area contributed by atoms with Crippen molar-refractivity contribution in [1.29, 1.82) is 0 Å². The van der Waals surface area contributed by atoms with Crippen LogP contribution in [0.1, 0.15) is 62.4 Å². The molecule has 2 aromatic heterocycles. The normalized spacial score (nSPS) is 16.2. The molecular formula is C24H30N4O2. The maximum absolute atomic E-state index is 13.0. The predicted octanol–water partition coefficient (Wildman–Crippen LogP) is 4.33. The van der Waals surface area contributed by atoms with Gasteiger partial charge in [0.15, 0.2) is 11.8 Å². The fraction of sp³-hybridized carbons (Fsp3) is 0.458. The summed E-state index contributed by atoms with van der Waals surface area (Å²) in [6.45, 7) is 9.61. The molecule has 3 heterocycles. The van der Waals surface area contributed by atoms with Crippen LogP contribution in [0.3, 0.4) is 0 Å². The van der Waals surface area contributed by atoms with Gasteiger partial charge < -0.3 is 9.64 Å². The number of piperidine rings is 1. The Morgan fingerprint density at radius 2 is 1.87 bits per heavy atom. The minimum atomic E-state index is -0.503. The van der Waals surface area contributed by atoms with Crippen molar-refractivity contribution in [1.82, 2.24) is 19.5 Å². The van der Waals surface area contributed by atoms with Crippen molar-refractivity contribution in [2.24, 2.45) is 0 Å². The SMILES string of the molecule is Cc1ccc(C(C)C)cc1O[C@@H](C)C(=O)N1CCC(c2nnc3ccccn23)CC1. The van der Waals surface area contributed by atoms with E-state index in [0.717, 1.165) is 35.6 Å². The maximum atomic E-state index is 13.0. The Balaban J connectivity index is 1.39. The highest BCUT2D eigenvalue weighted by Gasteiger charge is 2.29. The number of hydrogen-bond acceptors (Lipinski definition) is 4. The summed E-state index contributed by atoms with van der Waals surface area (Å²) < 4.78 is 8.14. The van der Waals surface area contributed by atoms with Gasteiger partial charge in [-0.25, -0.2) is 0 Å². The second-order valence-corrected chi connectivity index (χ2v) is 8.53. The number of aromatic nitrogens is 3. The second kappa shape index (κ2) is 8.46. The van der Waals surface area contributed by atoms with Crippen LogP contribution >= 0.6 is 0 Å². The third kappa shape index (κ3) is 4.04. The first kappa shape index (κ1) is 20.4. The van der Waals surface area contributed by atoms with E-state index in [4.69, 9.17) is 4.74 Å². The number of likely N-dealkylation sites (tertiary alicyclic amines) is 1. The molecule has 6 heteroatoms. The van der Waals surface area contributed by atoms with Gasteiger partial charge in [0.2, 0.25) is 0 Å². The number of hydrogen-bond donors (Lipinski definition) is 0. The number of carbonyl (C=O) groups excluding carboxylic acids is 1. The van der Waals surface area contributed by atoms with Gasteiger partial charge in [-0.1, -0.05) is 32.0 Å². The molecule has 4 rings (SSSR count). The van der Waals surface area contributed by atoms with Crippen LogP contribution in [0.4, 0.5) is 0 Å². The highest BCUT2D eigenvalue weighted by Crippen LogP contribution is 2.29. The average molecular weight is 407 g/mol. The average Bonchev–Trinajstić information content (AvgIpc) is 3.19. The van der Waals surface area contributed by atoms with Crippen LogP contribution in [0.5, 0.6) is 5.75 Å². The largest absolute Gasteiger partial charge is 0.481 e. The molecule has 0 unspecified atom stereocenters. The van der Waals surface area contributed by atoms with Crippen molar-refractivity contribution >= 4 is 11.6 Å². The number of aryl methyl sites for hydroxylation is 1. The fourth-order valence-electron chi connectivity index (χ4n) is 4.10. The summed E-state index contributed by atoms with van der Waals surface area (Å²) in [6.07, 6.45) is 3.27. The molecule has 1 saturated heterocycles. The molecule has 0 spiro atoms. The molecule has 0 N–H and O–H groups in total. The number of benzene rings is 1. The van der Waals surface area contributed by atoms with Gasteiger partial charge in [-0.05, 0) is 61.9 Å². The van der Waals surface area contributed by atoms with E-state index >= 15 is 0 Å². The molecule has 158 valence electrons. The lowest BCUT2D eigenvalue weighted by Crippen LogP contribution is -2.44. The third-order valence-corrected chi connectivity index (χ3v) is 6.04. The minimum absolute atomic E-state index is 0.0499. The first-order valence-electron chi connectivity index (χ1n) is 10.8. The van der Waals surface area contributed by atoms with Crippen molar-refractivity contribution < 1.29 is 9.53 Å². The maximum Gasteiger partial charge on any atom is 0.263 e. The molecule has 1 aromatic carbocycles. The van der Waals surface area contributed by atoms with Crippen LogP contribution in [0.25, 0.3) is 5.65 Å². The van der Waals surface area contributed by atoms with Gasteiger partial charge in [0.05, 0.1) is 0 Å². The molecule has 0 bridgehead atoms. The molecule has 30 heavy (non-hydrogen) atoms. The highest BCUT2D eigenvalue weighted by atomic mass is 16.5. The summed E-state index contributed by atoms with van der Waals surface area (Å²) >= 11 is 0. The van der Waals surface area contributed by atoms with E-state index < -0.39 is 6.10 Å². The molecule has 1 atom stereocenters. The van der Waals surface area contributed by atoms with Crippen LogP contribution in [0.15, 0.2) is 42.6 Å². The van der Waals surface area contributed by atoms with Crippen molar-refractivity contribution in [3.05, 3.63) is 59.5 Å². The molecule has 0 aliphatic carbocycles. The van der Waals surface area contributed by atoms with Crippen LogP contribution in [0.2, 0.25) is 0 Å². The standard InChI is InChI=1S/C24H30N4O2/c1-16(2)20-9-8-17(3)21(15-20)30-18(4)24(29)27-13-10-19(11-14-27)23-26-25-22-7-5-6-12-28(22)23/h5-9,12,15-16,18-19H,10-11,13-14H2,1-4H3/t18-/m0/s1. The molecular weight excluding hydrogens is 376 g/mol. The van der Waals surface area contributed by atoms with E-state index in [1.54, 1.807) is 0 Å². The summed E-state index contributed by atoms with van der Waals surface area (Å²) in [4.78, 5) is 14.9. The van der Waals surface area contributed by atoms with Crippen LogP contribution in [0, 0.1) is 6.92 Å². The molecule has 6 nitrogen and oxygen atoms in total. The van der Waals surface area contributed by atoms with Gasteiger partial charge in [-0.2, -0.15) is 0 Å². The topological polar surface area (TPSA) is 59.7 Å². The lowest BCUT2D eigenvalue weighted by molar-refractivity contribution is -0.139. The lowest BCUT2D eigenvalue weighted by Gasteiger charge is -2.33. The molecule has 3 aromatic rings. The Morgan fingerprint density at radius 3 is 2.60 bits per heavy atom. The Bertz CT molecular complexity index is 1030. The number of fused-ring (bicyclic) bond motifs is 1. The quantitative estimate of drug-likeness (QED) is 0.633. The number of amides is 1. The summed E-state index contributed by atoms with van der Waals surface area (Å²) in [7, 11) is 0. The molecule has 1 aliphatic heterocycles. The molecule has 1 aliphatic rings. The van der Waals surface area contributed by atoms with Gasteiger partial charge in [0, 0.05) is 25.2 Å². The van der Waals surface area contributed by atoms with Crippen molar-refractivity contribution in [3.8, 4) is 5.75 Å². The first-order chi connectivity index (χ1) is 14.4. The van der Waals surface area contributed by atoms with Gasteiger partial charge in [-0.3, -0.25) is 9.20 Å². The van der Waals surface area contributed by atoms with Crippen LogP contribution in [-0.4, -0.2) is 44.6 Å². The van der Waals surface area contributed by atoms with E-state index in [0.29, 0.717) is 24.9 Å². The van der Waals surface area contributed by atoms with Crippen LogP contribution in [-0.2, 0) is 4.79 Å². The number of pyridine rings is 1. The minimum Gasteiger partial charge on any atom is -0.481 e. The zero-order valence-electron chi connectivity index (χ0n) is 18.2. The van der Waals surface area contributed by atoms with Gasteiger partial charge in [0.25, 0.3) is 5.91 Å². The number of rotatable bonds is 5. The Kier molecular flexibility index (Phi) is 5.75. The van der Waals surface area contributed by atoms with Crippen molar-refractivity contribution in [3.63, 3.8) is 0 Å². The van der Waals surface area contributed by atoms with Crippen molar-refractivity contribution in [2.45, 2.75) is 58.5 Å². The number of nitrogens with zero attached hydrogens (tertiary/aromatic N) is 4. The van der Waals surface area contributed by atoms with Gasteiger partial charge in [0.1, 0.15) is 11.6 Å². The third-order valence-electron chi connectivity index (χ3n) is 6.04. The first-order valence-corrected chi connectivity index (χ1v) is 10.8. The smallest absolute Gasteiger partial charge is 0.263 e. The number of carbonyl (C=O) groups is 1. The summed E-state index contributed by atoms with van der Waals surface area (Å²) in [5, 5.41) is 8.66. The van der Waals surface area contributed by atoms with Crippen LogP contribution < -0.4 is 4.74 Å². The van der Waals surface area contributed by atoms with Gasteiger partial charge in [-0.15, -0.1) is 10.2 Å². The van der Waals surface area contributed by atoms with E-state index in [1.807, 2.05) is 43.1 Å². The second-order valence-electron chi connectivity index (χ2n) is 8.53. The van der Waals surface area contributed by atoms with E-state index in [2.05, 4.69) is 46.6 Å². The summed E-state index contributed by atoms with van der Waals surface area (Å²) in [6, 6.07) is 12.2. The summed E-state index contributed by atoms with van der Waals surface area (Å²) in [5.74, 6) is 2.57. The molecule has 0 saturated carbocycles. The Labute approximate surface area is 177 Å². The fourth-order valence-corrected chi connectivity index (χ4v) is 4.10. The predicted molar refractivity (Wildman–Crippen MR) is 117 cm³/mol. The van der Waals surface area contributed by atoms with Gasteiger partial charge >= 0.3 is 0 Å². The van der Waals surface area contributed by atoms with E-state index in [9.17, 15) is 4.79 Å². The molecule has 1 amide bonds.